The molecular weight excluding hydrogens is 523 g/mol. The van der Waals surface area contributed by atoms with Crippen molar-refractivity contribution in [2.24, 2.45) is 0 Å². The number of aromatic nitrogens is 2. The average molecular weight is 560 g/mol. The van der Waals surface area contributed by atoms with E-state index in [1.165, 1.54) is 57.8 Å². The molecule has 0 aliphatic heterocycles. The van der Waals surface area contributed by atoms with Crippen molar-refractivity contribution in [3.63, 3.8) is 0 Å². The van der Waals surface area contributed by atoms with Gasteiger partial charge in [-0.15, -0.1) is 0 Å². The normalized spacial score (nSPS) is 11.9. The number of rotatable bonds is 6. The van der Waals surface area contributed by atoms with Crippen molar-refractivity contribution in [2.75, 3.05) is 0 Å². The monoisotopic (exact) mass is 560 g/mol. The first-order valence-corrected chi connectivity index (χ1v) is 19.9. The molecule has 0 bridgehead atoms. The molecule has 0 N–H and O–H groups in total. The van der Waals surface area contributed by atoms with Gasteiger partial charge < -0.3 is 0 Å². The van der Waals surface area contributed by atoms with Crippen LogP contribution in [0.4, 0.5) is 0 Å². The zero-order chi connectivity index (χ0) is 25.1. The van der Waals surface area contributed by atoms with Gasteiger partial charge in [-0.3, -0.25) is 0 Å². The summed E-state index contributed by atoms with van der Waals surface area (Å²) in [5.74, 6) is 7.42. The van der Waals surface area contributed by atoms with Crippen LogP contribution in [0.25, 0.3) is 32.6 Å². The Balaban J connectivity index is 2.11. The molecule has 0 aliphatic rings. The number of hydrogen-bond acceptors (Lipinski definition) is 2. The van der Waals surface area contributed by atoms with E-state index in [0.29, 0.717) is 0 Å². The Hall–Kier alpha value is -2.15. The summed E-state index contributed by atoms with van der Waals surface area (Å²) in [5, 5.41) is 4.87. The fraction of sp³-hybridized carbons (Fsp3) is 0.400. The van der Waals surface area contributed by atoms with Crippen molar-refractivity contribution in [3.05, 3.63) is 47.5 Å². The van der Waals surface area contributed by atoms with Gasteiger partial charge in [-0.25, -0.2) is 0 Å². The molecule has 1 heterocycles. The van der Waals surface area contributed by atoms with E-state index in [0.717, 1.165) is 22.2 Å². The van der Waals surface area contributed by atoms with Crippen LogP contribution in [0.5, 0.6) is 0 Å². The van der Waals surface area contributed by atoms with Crippen molar-refractivity contribution in [1.82, 2.24) is 7.96 Å². The van der Waals surface area contributed by atoms with Gasteiger partial charge in [0, 0.05) is 0 Å². The summed E-state index contributed by atoms with van der Waals surface area (Å²) >= 11 is -0.129. The Kier molecular flexibility index (Phi) is 8.04. The second-order valence-corrected chi connectivity index (χ2v) is 20.6. The first-order chi connectivity index (χ1) is 17.0. The van der Waals surface area contributed by atoms with Crippen LogP contribution in [-0.4, -0.2) is 39.1 Å². The van der Waals surface area contributed by atoms with Gasteiger partial charge in [-0.1, -0.05) is 0 Å². The van der Waals surface area contributed by atoms with E-state index < -0.39 is 16.1 Å². The third-order valence-corrected chi connectivity index (χ3v) is 18.9. The third kappa shape index (κ3) is 4.81. The molecule has 0 aliphatic carbocycles. The van der Waals surface area contributed by atoms with Crippen molar-refractivity contribution in [1.29, 1.82) is 0 Å². The van der Waals surface area contributed by atoms with E-state index in [1.807, 2.05) is 0 Å². The molecule has 35 heavy (non-hydrogen) atoms. The molecule has 0 fully saturated rings. The van der Waals surface area contributed by atoms with Gasteiger partial charge in [0.1, 0.15) is 0 Å². The van der Waals surface area contributed by atoms with Crippen LogP contribution in [0.1, 0.15) is 52.7 Å². The van der Waals surface area contributed by atoms with Crippen LogP contribution < -0.4 is 0 Å². The summed E-state index contributed by atoms with van der Waals surface area (Å²) in [6.45, 7) is 13.9. The first-order valence-electron chi connectivity index (χ1n) is 13.2. The van der Waals surface area contributed by atoms with Crippen LogP contribution in [0.15, 0.2) is 36.4 Å². The zero-order valence-corrected chi connectivity index (χ0v) is 25.7. The summed E-state index contributed by atoms with van der Waals surface area (Å²) in [4.78, 5) is 0. The maximum atomic E-state index is 4.93. The van der Waals surface area contributed by atoms with Crippen molar-refractivity contribution in [2.45, 2.75) is 77.8 Å². The Morgan fingerprint density at radius 2 is 1.00 bits per heavy atom. The van der Waals surface area contributed by atoms with Gasteiger partial charge in [-0.2, -0.15) is 0 Å². The topological polar surface area (TPSA) is 25.8 Å². The molecular formula is C30H36N2SeSi2. The summed E-state index contributed by atoms with van der Waals surface area (Å²) < 4.78 is 9.85. The van der Waals surface area contributed by atoms with Crippen LogP contribution in [0, 0.1) is 22.9 Å². The van der Waals surface area contributed by atoms with E-state index in [1.54, 1.807) is 0 Å². The van der Waals surface area contributed by atoms with Crippen LogP contribution in [-0.2, 0) is 0 Å². The summed E-state index contributed by atoms with van der Waals surface area (Å²) in [6, 6.07) is 20.4. The van der Waals surface area contributed by atoms with Gasteiger partial charge in [-0.05, 0) is 0 Å². The number of nitrogens with zero attached hydrogens (tertiary/aromatic N) is 2. The van der Waals surface area contributed by atoms with Gasteiger partial charge in [0.05, 0.1) is 0 Å². The summed E-state index contributed by atoms with van der Waals surface area (Å²) in [7, 11) is -3.19. The molecule has 1 aromatic heterocycles. The Labute approximate surface area is 219 Å². The molecule has 0 amide bonds. The fourth-order valence-corrected chi connectivity index (χ4v) is 11.1. The summed E-state index contributed by atoms with van der Waals surface area (Å²) in [5.41, 5.74) is 11.8. The van der Waals surface area contributed by atoms with E-state index in [2.05, 4.69) is 101 Å². The molecule has 0 radical (unpaired) electrons. The fourth-order valence-electron chi connectivity index (χ4n) is 5.10. The maximum absolute atomic E-state index is 4.93. The molecule has 0 atom stereocenters. The van der Waals surface area contributed by atoms with E-state index in [-0.39, 0.29) is 15.0 Å². The molecule has 0 unspecified atom stereocenters. The zero-order valence-electron chi connectivity index (χ0n) is 22.0. The molecule has 2 nitrogen and oxygen atoms in total. The molecule has 0 saturated heterocycles. The van der Waals surface area contributed by atoms with E-state index >= 15 is 0 Å². The van der Waals surface area contributed by atoms with E-state index in [9.17, 15) is 0 Å². The second-order valence-electron chi connectivity index (χ2n) is 9.64. The molecule has 4 rings (SSSR count). The third-order valence-electron chi connectivity index (χ3n) is 8.35. The molecule has 180 valence electrons. The second kappa shape index (κ2) is 10.9. The first kappa shape index (κ1) is 25.9. The van der Waals surface area contributed by atoms with Gasteiger partial charge in [0.15, 0.2) is 0 Å². The van der Waals surface area contributed by atoms with Crippen LogP contribution >= 0.6 is 0 Å². The molecule has 0 spiro atoms. The predicted octanol–water partition coefficient (Wildman–Crippen LogP) is 7.79. The van der Waals surface area contributed by atoms with Gasteiger partial charge in [0.25, 0.3) is 0 Å². The van der Waals surface area contributed by atoms with Crippen molar-refractivity contribution >= 4 is 63.7 Å². The number of benzene rings is 3. The van der Waals surface area contributed by atoms with Crippen molar-refractivity contribution < 1.29 is 0 Å². The van der Waals surface area contributed by atoms with Gasteiger partial charge >= 0.3 is 220 Å². The molecule has 0 saturated carbocycles. The quantitative estimate of drug-likeness (QED) is 0.137. The SMILES string of the molecule is CC[Si](C#Cc1c2cc3ccccc3cc2c(C#C[Si](CC)(CC)CC)c2n[se]nc12)(CC)CC. The predicted molar refractivity (Wildman–Crippen MR) is 160 cm³/mol. The minimum absolute atomic E-state index is 0.129. The van der Waals surface area contributed by atoms with Crippen molar-refractivity contribution in [3.8, 4) is 22.9 Å². The Morgan fingerprint density at radius 3 is 1.34 bits per heavy atom. The number of fused-ring (bicyclic) bond motifs is 3. The number of hydrogen-bond donors (Lipinski definition) is 0. The Bertz CT molecular complexity index is 1360. The Morgan fingerprint density at radius 1 is 0.629 bits per heavy atom. The molecule has 4 aromatic rings. The summed E-state index contributed by atoms with van der Waals surface area (Å²) in [6.07, 6.45) is 0. The molecule has 5 heteroatoms. The molecule has 3 aromatic carbocycles. The standard InChI is InChI=1S/C30H36N2SeSi2/c1-7-34(8-2,9-3)19-17-25-27-21-23-15-13-14-16-24(23)22-28(27)26(30-29(25)31-33-32-30)18-20-35(10-4,11-5)12-6/h13-16,21-22H,7-12H2,1-6H3. The minimum atomic E-state index is -1.59. The van der Waals surface area contributed by atoms with Gasteiger partial charge in [0.2, 0.25) is 0 Å². The van der Waals surface area contributed by atoms with Crippen LogP contribution in [0.3, 0.4) is 0 Å². The van der Waals surface area contributed by atoms with Crippen LogP contribution in [0.2, 0.25) is 36.3 Å². The van der Waals surface area contributed by atoms with E-state index in [4.69, 9.17) is 7.96 Å². The average Bonchev–Trinajstić information content (AvgIpc) is 3.39.